The van der Waals surface area contributed by atoms with Crippen LogP contribution < -0.4 is 5.56 Å². The van der Waals surface area contributed by atoms with Crippen molar-refractivity contribution in [2.75, 3.05) is 13.2 Å². The molecule has 0 aliphatic rings. The van der Waals surface area contributed by atoms with Gasteiger partial charge in [-0.3, -0.25) is 19.0 Å². The maximum atomic E-state index is 13.8. The van der Waals surface area contributed by atoms with Crippen LogP contribution in [0.4, 0.5) is 4.39 Å². The topological polar surface area (TPSA) is 81.5 Å². The second-order valence-corrected chi connectivity index (χ2v) is 9.16. The fourth-order valence-corrected chi connectivity index (χ4v) is 4.69. The number of carbonyl (C=O) groups is 2. The van der Waals surface area contributed by atoms with Crippen LogP contribution >= 0.6 is 0 Å². The molecule has 0 N–H and O–H groups in total. The molecule has 4 aromatic rings. The van der Waals surface area contributed by atoms with Crippen molar-refractivity contribution in [3.8, 4) is 5.69 Å². The number of carbonyl (C=O) groups excluding carboxylic acids is 2. The van der Waals surface area contributed by atoms with E-state index in [9.17, 15) is 18.8 Å². The van der Waals surface area contributed by atoms with Gasteiger partial charge in [-0.25, -0.2) is 9.37 Å². The van der Waals surface area contributed by atoms with E-state index in [-0.39, 0.29) is 30.9 Å². The number of hydrogen-bond acceptors (Lipinski definition) is 5. The second-order valence-electron chi connectivity index (χ2n) is 9.16. The Balaban J connectivity index is 1.81. The molecule has 1 heterocycles. The van der Waals surface area contributed by atoms with Crippen molar-refractivity contribution in [3.63, 3.8) is 0 Å². The van der Waals surface area contributed by atoms with Crippen molar-refractivity contribution in [2.24, 2.45) is 0 Å². The van der Waals surface area contributed by atoms with Gasteiger partial charge < -0.3 is 9.64 Å². The Morgan fingerprint density at radius 1 is 0.949 bits per heavy atom. The SMILES string of the molecule is CCOC(=O)CCC(=O)N(CCc1ccccc1)C(CC)c1nc2ccccc2c(=O)n1-c1ccc(F)cc1. The van der Waals surface area contributed by atoms with E-state index in [4.69, 9.17) is 9.72 Å². The molecule has 0 aliphatic carbocycles. The third kappa shape index (κ3) is 6.57. The van der Waals surface area contributed by atoms with Crippen LogP contribution in [0, 0.1) is 5.82 Å². The summed E-state index contributed by atoms with van der Waals surface area (Å²) in [5, 5.41) is 0.421. The summed E-state index contributed by atoms with van der Waals surface area (Å²) in [5.74, 6) is -0.717. The number of aromatic nitrogens is 2. The lowest BCUT2D eigenvalue weighted by Crippen LogP contribution is -2.40. The molecule has 8 heteroatoms. The van der Waals surface area contributed by atoms with Crippen molar-refractivity contribution >= 4 is 22.8 Å². The maximum Gasteiger partial charge on any atom is 0.306 e. The van der Waals surface area contributed by atoms with Crippen LogP contribution in [0.2, 0.25) is 0 Å². The lowest BCUT2D eigenvalue weighted by molar-refractivity contribution is -0.146. The summed E-state index contributed by atoms with van der Waals surface area (Å²) in [4.78, 5) is 46.0. The van der Waals surface area contributed by atoms with Gasteiger partial charge >= 0.3 is 5.97 Å². The second kappa shape index (κ2) is 13.0. The monoisotopic (exact) mass is 529 g/mol. The maximum absolute atomic E-state index is 13.8. The molecular weight excluding hydrogens is 497 g/mol. The van der Waals surface area contributed by atoms with Crippen molar-refractivity contribution < 1.29 is 18.7 Å². The molecule has 39 heavy (non-hydrogen) atoms. The number of para-hydroxylation sites is 1. The fourth-order valence-electron chi connectivity index (χ4n) is 4.69. The lowest BCUT2D eigenvalue weighted by atomic mass is 10.1. The van der Waals surface area contributed by atoms with Crippen LogP contribution in [0.15, 0.2) is 83.7 Å². The molecule has 0 radical (unpaired) electrons. The molecule has 1 unspecified atom stereocenters. The number of benzene rings is 3. The molecule has 1 atom stereocenters. The molecule has 3 aromatic carbocycles. The van der Waals surface area contributed by atoms with Gasteiger partial charge in [-0.05, 0) is 61.7 Å². The third-order valence-corrected chi connectivity index (χ3v) is 6.60. The average molecular weight is 530 g/mol. The highest BCUT2D eigenvalue weighted by molar-refractivity contribution is 5.82. The first kappa shape index (κ1) is 27.7. The predicted octanol–water partition coefficient (Wildman–Crippen LogP) is 5.39. The van der Waals surface area contributed by atoms with E-state index in [2.05, 4.69) is 0 Å². The Kier molecular flexibility index (Phi) is 9.20. The van der Waals surface area contributed by atoms with Gasteiger partial charge in [-0.1, -0.05) is 49.4 Å². The highest BCUT2D eigenvalue weighted by atomic mass is 19.1. The zero-order valence-electron chi connectivity index (χ0n) is 22.2. The van der Waals surface area contributed by atoms with Gasteiger partial charge in [0.15, 0.2) is 0 Å². The van der Waals surface area contributed by atoms with E-state index in [0.717, 1.165) is 5.56 Å². The third-order valence-electron chi connectivity index (χ3n) is 6.60. The van der Waals surface area contributed by atoms with Gasteiger partial charge in [-0.15, -0.1) is 0 Å². The number of halogens is 1. The van der Waals surface area contributed by atoms with Crippen LogP contribution in [0.5, 0.6) is 0 Å². The van der Waals surface area contributed by atoms with E-state index >= 15 is 0 Å². The van der Waals surface area contributed by atoms with E-state index in [1.165, 1.54) is 28.8 Å². The van der Waals surface area contributed by atoms with Gasteiger partial charge in [0.05, 0.1) is 35.7 Å². The number of amides is 1. The van der Waals surface area contributed by atoms with Gasteiger partial charge in [0.25, 0.3) is 5.56 Å². The summed E-state index contributed by atoms with van der Waals surface area (Å²) in [6.07, 6.45) is 0.974. The smallest absolute Gasteiger partial charge is 0.306 e. The first-order valence-electron chi connectivity index (χ1n) is 13.2. The summed E-state index contributed by atoms with van der Waals surface area (Å²) in [7, 11) is 0. The average Bonchev–Trinajstić information content (AvgIpc) is 2.95. The molecule has 0 fully saturated rings. The first-order valence-corrected chi connectivity index (χ1v) is 13.2. The molecule has 0 saturated heterocycles. The Bertz CT molecular complexity index is 1490. The van der Waals surface area contributed by atoms with Gasteiger partial charge in [0.2, 0.25) is 5.91 Å². The van der Waals surface area contributed by atoms with E-state index in [1.807, 2.05) is 37.3 Å². The van der Waals surface area contributed by atoms with Crippen LogP contribution in [0.1, 0.15) is 50.5 Å². The van der Waals surface area contributed by atoms with Crippen molar-refractivity contribution in [3.05, 3.63) is 106 Å². The largest absolute Gasteiger partial charge is 0.466 e. The summed E-state index contributed by atoms with van der Waals surface area (Å²) in [6, 6.07) is 21.9. The molecule has 1 aromatic heterocycles. The highest BCUT2D eigenvalue weighted by Gasteiger charge is 2.29. The molecule has 1 amide bonds. The summed E-state index contributed by atoms with van der Waals surface area (Å²) in [5.41, 5.74) is 1.71. The van der Waals surface area contributed by atoms with Gasteiger partial charge in [0.1, 0.15) is 11.6 Å². The minimum Gasteiger partial charge on any atom is -0.466 e. The highest BCUT2D eigenvalue weighted by Crippen LogP contribution is 2.27. The molecule has 4 rings (SSSR count). The summed E-state index contributed by atoms with van der Waals surface area (Å²) >= 11 is 0. The minimum atomic E-state index is -0.578. The van der Waals surface area contributed by atoms with E-state index < -0.39 is 17.8 Å². The van der Waals surface area contributed by atoms with Crippen LogP contribution in [-0.4, -0.2) is 39.5 Å². The van der Waals surface area contributed by atoms with Gasteiger partial charge in [0, 0.05) is 13.0 Å². The predicted molar refractivity (Wildman–Crippen MR) is 148 cm³/mol. The summed E-state index contributed by atoms with van der Waals surface area (Å²) in [6.45, 7) is 4.25. The normalized spacial score (nSPS) is 11.8. The molecule has 202 valence electrons. The summed E-state index contributed by atoms with van der Waals surface area (Å²) < 4.78 is 20.3. The first-order chi connectivity index (χ1) is 18.9. The number of esters is 1. The molecule has 0 bridgehead atoms. The number of hydrogen-bond donors (Lipinski definition) is 0. The molecule has 0 saturated carbocycles. The molecule has 0 aliphatic heterocycles. The number of fused-ring (bicyclic) bond motifs is 1. The number of rotatable bonds is 11. The Labute approximate surface area is 226 Å². The van der Waals surface area contributed by atoms with Crippen LogP contribution in [0.3, 0.4) is 0 Å². The Morgan fingerprint density at radius 3 is 2.33 bits per heavy atom. The standard InChI is InChI=1S/C31H32FN3O4/c1-3-27(34(21-20-22-10-6-5-7-11-22)28(36)18-19-29(37)39-4-2)30-33-26-13-9-8-12-25(26)31(38)35(30)24-16-14-23(32)15-17-24/h5-17,27H,3-4,18-21H2,1-2H3. The quantitative estimate of drug-likeness (QED) is 0.243. The van der Waals surface area contributed by atoms with E-state index in [0.29, 0.717) is 41.8 Å². The molecule has 7 nitrogen and oxygen atoms in total. The van der Waals surface area contributed by atoms with Crippen molar-refractivity contribution in [1.29, 1.82) is 0 Å². The number of nitrogens with zero attached hydrogens (tertiary/aromatic N) is 3. The Morgan fingerprint density at radius 2 is 1.64 bits per heavy atom. The van der Waals surface area contributed by atoms with Crippen molar-refractivity contribution in [1.82, 2.24) is 14.5 Å². The molecular formula is C31H32FN3O4. The van der Waals surface area contributed by atoms with Crippen LogP contribution in [0.25, 0.3) is 16.6 Å². The van der Waals surface area contributed by atoms with Crippen LogP contribution in [-0.2, 0) is 20.7 Å². The number of ether oxygens (including phenoxy) is 1. The lowest BCUT2D eigenvalue weighted by Gasteiger charge is -2.32. The van der Waals surface area contributed by atoms with Gasteiger partial charge in [-0.2, -0.15) is 0 Å². The molecule has 0 spiro atoms. The van der Waals surface area contributed by atoms with Crippen molar-refractivity contribution in [2.45, 2.75) is 45.6 Å². The van der Waals surface area contributed by atoms with E-state index in [1.54, 1.807) is 36.1 Å². The minimum absolute atomic E-state index is 0.0293. The fraction of sp³-hybridized carbons (Fsp3) is 0.290. The zero-order valence-corrected chi connectivity index (χ0v) is 22.2. The Hall–Kier alpha value is -4.33. The zero-order chi connectivity index (χ0) is 27.8.